The van der Waals surface area contributed by atoms with Gasteiger partial charge in [-0.15, -0.1) is 11.3 Å². The van der Waals surface area contributed by atoms with Gasteiger partial charge in [0.1, 0.15) is 5.41 Å². The molecule has 0 aromatic carbocycles. The lowest BCUT2D eigenvalue weighted by molar-refractivity contribution is -0.129. The van der Waals surface area contributed by atoms with E-state index < -0.39 is 5.41 Å². The number of hydrogen-bond donors (Lipinski definition) is 1. The molecule has 3 nitrogen and oxygen atoms in total. The van der Waals surface area contributed by atoms with Crippen LogP contribution in [0.4, 0.5) is 0 Å². The molecule has 1 aromatic heterocycles. The van der Waals surface area contributed by atoms with Gasteiger partial charge in [-0.05, 0) is 30.7 Å². The van der Waals surface area contributed by atoms with Gasteiger partial charge in [-0.3, -0.25) is 4.79 Å². The summed E-state index contributed by atoms with van der Waals surface area (Å²) in [6.45, 7) is 2.12. The van der Waals surface area contributed by atoms with Gasteiger partial charge in [0.25, 0.3) is 0 Å². The van der Waals surface area contributed by atoms with Crippen LogP contribution in [-0.2, 0) is 4.79 Å². The van der Waals surface area contributed by atoms with E-state index in [0.29, 0.717) is 12.8 Å². The predicted molar refractivity (Wildman–Crippen MR) is 85.9 cm³/mol. The molecule has 1 amide bonds. The first kappa shape index (κ1) is 16.0. The molecule has 1 aliphatic carbocycles. The Balaban J connectivity index is 2.11. The minimum atomic E-state index is -0.806. The van der Waals surface area contributed by atoms with E-state index in [2.05, 4.69) is 24.4 Å². The van der Waals surface area contributed by atoms with Crippen molar-refractivity contribution >= 4 is 17.2 Å². The highest BCUT2D eigenvalue weighted by Crippen LogP contribution is 2.36. The largest absolute Gasteiger partial charge is 0.347 e. The van der Waals surface area contributed by atoms with Crippen molar-refractivity contribution in [3.8, 4) is 6.07 Å². The third-order valence-electron chi connectivity index (χ3n) is 4.38. The summed E-state index contributed by atoms with van der Waals surface area (Å²) in [7, 11) is 0. The van der Waals surface area contributed by atoms with Gasteiger partial charge in [-0.25, -0.2) is 0 Å². The molecule has 1 fully saturated rings. The lowest BCUT2D eigenvalue weighted by Gasteiger charge is -2.27. The first-order chi connectivity index (χ1) is 10.2. The molecule has 114 valence electrons. The molecule has 0 aliphatic heterocycles. The third-order valence-corrected chi connectivity index (χ3v) is 5.36. The summed E-state index contributed by atoms with van der Waals surface area (Å²) in [4.78, 5) is 13.9. The van der Waals surface area contributed by atoms with Crippen molar-refractivity contribution in [1.82, 2.24) is 5.32 Å². The molecule has 1 N–H and O–H groups in total. The van der Waals surface area contributed by atoms with Crippen molar-refractivity contribution in [3.05, 3.63) is 22.4 Å². The van der Waals surface area contributed by atoms with Gasteiger partial charge in [-0.2, -0.15) is 5.26 Å². The van der Waals surface area contributed by atoms with Crippen molar-refractivity contribution in [1.29, 1.82) is 5.26 Å². The first-order valence-electron chi connectivity index (χ1n) is 7.97. The molecule has 2 rings (SSSR count). The Bertz CT molecular complexity index is 481. The summed E-state index contributed by atoms with van der Waals surface area (Å²) in [6, 6.07) is 6.47. The smallest absolute Gasteiger partial charge is 0.240 e. The molecule has 0 bridgehead atoms. The number of thiophene rings is 1. The van der Waals surface area contributed by atoms with Crippen molar-refractivity contribution < 1.29 is 4.79 Å². The zero-order valence-electron chi connectivity index (χ0n) is 12.7. The maximum atomic E-state index is 12.8. The Morgan fingerprint density at radius 3 is 2.67 bits per heavy atom. The minimum absolute atomic E-state index is 0.0518. The van der Waals surface area contributed by atoms with Gasteiger partial charge in [0, 0.05) is 4.88 Å². The number of carbonyl (C=O) groups is 1. The summed E-state index contributed by atoms with van der Waals surface area (Å²) in [6.07, 6.45) is 7.60. The average Bonchev–Trinajstić information content (AvgIpc) is 2.91. The Morgan fingerprint density at radius 2 is 2.14 bits per heavy atom. The van der Waals surface area contributed by atoms with Crippen molar-refractivity contribution in [3.63, 3.8) is 0 Å². The fraction of sp³-hybridized carbons (Fsp3) is 0.647. The summed E-state index contributed by atoms with van der Waals surface area (Å²) >= 11 is 1.67. The zero-order chi connectivity index (χ0) is 15.1. The van der Waals surface area contributed by atoms with E-state index in [4.69, 9.17) is 0 Å². The second-order valence-corrected chi connectivity index (χ2v) is 6.92. The topological polar surface area (TPSA) is 52.9 Å². The van der Waals surface area contributed by atoms with Crippen LogP contribution in [0, 0.1) is 16.7 Å². The van der Waals surface area contributed by atoms with Crippen LogP contribution < -0.4 is 5.32 Å². The number of hydrogen-bond acceptors (Lipinski definition) is 3. The van der Waals surface area contributed by atoms with E-state index in [1.165, 1.54) is 4.88 Å². The molecule has 1 heterocycles. The maximum absolute atomic E-state index is 12.8. The molecular weight excluding hydrogens is 280 g/mol. The van der Waals surface area contributed by atoms with E-state index >= 15 is 0 Å². The normalized spacial score (nSPS) is 19.2. The van der Waals surface area contributed by atoms with Crippen LogP contribution in [0.15, 0.2) is 17.5 Å². The van der Waals surface area contributed by atoms with Crippen molar-refractivity contribution in [2.45, 2.75) is 64.3 Å². The van der Waals surface area contributed by atoms with E-state index in [0.717, 1.165) is 38.5 Å². The number of amides is 1. The highest BCUT2D eigenvalue weighted by atomic mass is 32.1. The van der Waals surface area contributed by atoms with Gasteiger partial charge in [0.05, 0.1) is 12.1 Å². The second-order valence-electron chi connectivity index (χ2n) is 5.94. The molecule has 0 spiro atoms. The first-order valence-corrected chi connectivity index (χ1v) is 8.85. The minimum Gasteiger partial charge on any atom is -0.347 e. The molecule has 1 atom stereocenters. The molecule has 0 radical (unpaired) electrons. The van der Waals surface area contributed by atoms with Gasteiger partial charge >= 0.3 is 0 Å². The van der Waals surface area contributed by atoms with E-state index in [9.17, 15) is 10.1 Å². The summed E-state index contributed by atoms with van der Waals surface area (Å²) in [5, 5.41) is 14.8. The highest BCUT2D eigenvalue weighted by Gasteiger charge is 2.39. The third kappa shape index (κ3) is 3.85. The number of nitrogens with one attached hydrogen (secondary N) is 1. The van der Waals surface area contributed by atoms with Crippen molar-refractivity contribution in [2.75, 3.05) is 0 Å². The maximum Gasteiger partial charge on any atom is 0.240 e. The Kier molecular flexibility index (Phi) is 5.81. The van der Waals surface area contributed by atoms with Gasteiger partial charge in [0.2, 0.25) is 5.91 Å². The van der Waals surface area contributed by atoms with Gasteiger partial charge in [0.15, 0.2) is 0 Å². The van der Waals surface area contributed by atoms with Crippen LogP contribution in [0.25, 0.3) is 0 Å². The monoisotopic (exact) mass is 304 g/mol. The molecule has 1 aliphatic rings. The standard InChI is InChI=1S/C17H24N2OS/c1-2-8-14(15-9-7-12-21-15)19-16(20)17(13-18)10-5-3-4-6-11-17/h7,9,12,14H,2-6,8,10-11H2,1H3,(H,19,20). The summed E-state index contributed by atoms with van der Waals surface area (Å²) in [5.74, 6) is -0.0567. The molecule has 4 heteroatoms. The number of carbonyl (C=O) groups excluding carboxylic acids is 1. The molecule has 1 saturated carbocycles. The van der Waals surface area contributed by atoms with Crippen LogP contribution in [0.3, 0.4) is 0 Å². The highest BCUT2D eigenvalue weighted by molar-refractivity contribution is 7.10. The zero-order valence-corrected chi connectivity index (χ0v) is 13.5. The van der Waals surface area contributed by atoms with Crippen LogP contribution in [0.1, 0.15) is 69.2 Å². The Labute approximate surface area is 131 Å². The fourth-order valence-corrected chi connectivity index (χ4v) is 3.89. The average molecular weight is 304 g/mol. The molecule has 0 saturated heterocycles. The van der Waals surface area contributed by atoms with E-state index in [1.54, 1.807) is 11.3 Å². The van der Waals surface area contributed by atoms with Crippen LogP contribution >= 0.6 is 11.3 Å². The lowest BCUT2D eigenvalue weighted by atomic mass is 9.80. The number of nitriles is 1. The molecule has 21 heavy (non-hydrogen) atoms. The molecular formula is C17H24N2OS. The SMILES string of the molecule is CCCC(NC(=O)C1(C#N)CCCCCC1)c1cccs1. The number of rotatable bonds is 5. The van der Waals surface area contributed by atoms with Crippen LogP contribution in [0.2, 0.25) is 0 Å². The molecule has 1 aromatic rings. The Hall–Kier alpha value is -1.34. The quantitative estimate of drug-likeness (QED) is 0.810. The predicted octanol–water partition coefficient (Wildman–Crippen LogP) is 4.57. The van der Waals surface area contributed by atoms with Gasteiger partial charge < -0.3 is 5.32 Å². The van der Waals surface area contributed by atoms with E-state index in [-0.39, 0.29) is 11.9 Å². The summed E-state index contributed by atoms with van der Waals surface area (Å²) < 4.78 is 0. The van der Waals surface area contributed by atoms with Gasteiger partial charge in [-0.1, -0.05) is 45.1 Å². The fourth-order valence-electron chi connectivity index (χ4n) is 3.08. The van der Waals surface area contributed by atoms with E-state index in [1.807, 2.05) is 11.4 Å². The number of nitrogens with zero attached hydrogens (tertiary/aromatic N) is 1. The van der Waals surface area contributed by atoms with Crippen LogP contribution in [-0.4, -0.2) is 5.91 Å². The Morgan fingerprint density at radius 1 is 1.43 bits per heavy atom. The molecule has 1 unspecified atom stereocenters. The van der Waals surface area contributed by atoms with Crippen LogP contribution in [0.5, 0.6) is 0 Å². The van der Waals surface area contributed by atoms with Crippen molar-refractivity contribution in [2.24, 2.45) is 5.41 Å². The second kappa shape index (κ2) is 7.61. The summed E-state index contributed by atoms with van der Waals surface area (Å²) in [5.41, 5.74) is -0.806. The lowest BCUT2D eigenvalue weighted by Crippen LogP contribution is -2.41.